The number of carbonyl (C=O) groups excluding carboxylic acids is 1. The lowest BCUT2D eigenvalue weighted by Crippen LogP contribution is -2.46. The van der Waals surface area contributed by atoms with E-state index in [-0.39, 0.29) is 18.1 Å². The molecule has 0 bridgehead atoms. The molecular formula is C21H29N3O4. The second-order valence-electron chi connectivity index (χ2n) is 7.71. The minimum atomic E-state index is -0.131. The van der Waals surface area contributed by atoms with Gasteiger partial charge >= 0.3 is 0 Å². The van der Waals surface area contributed by atoms with Gasteiger partial charge in [-0.15, -0.1) is 0 Å². The van der Waals surface area contributed by atoms with Crippen molar-refractivity contribution < 1.29 is 19.0 Å². The standard InChI is InChI=1S/C21H29N3O4/c1-26-18-6-4-3-5-16(18)23-21(25)15-12-24-13-17(14-7-9-28-10-8-14)22-20(24)11-19(15)27-2/h11-14,16,18H,3-10H2,1-2H3,(H,23,25)/t16-,18-/m1/s1. The Kier molecular flexibility index (Phi) is 5.82. The highest BCUT2D eigenvalue weighted by Gasteiger charge is 2.28. The fourth-order valence-electron chi connectivity index (χ4n) is 4.36. The van der Waals surface area contributed by atoms with Crippen LogP contribution in [0.1, 0.15) is 60.5 Å². The van der Waals surface area contributed by atoms with Crippen molar-refractivity contribution in [1.82, 2.24) is 14.7 Å². The largest absolute Gasteiger partial charge is 0.496 e. The van der Waals surface area contributed by atoms with E-state index in [1.54, 1.807) is 14.2 Å². The number of aromatic nitrogens is 2. The Morgan fingerprint density at radius 2 is 1.96 bits per heavy atom. The van der Waals surface area contributed by atoms with Crippen LogP contribution in [0.25, 0.3) is 5.65 Å². The summed E-state index contributed by atoms with van der Waals surface area (Å²) in [6.07, 6.45) is 10.1. The second-order valence-corrected chi connectivity index (χ2v) is 7.71. The fourth-order valence-corrected chi connectivity index (χ4v) is 4.36. The van der Waals surface area contributed by atoms with Gasteiger partial charge in [0.2, 0.25) is 0 Å². The third-order valence-electron chi connectivity index (χ3n) is 6.00. The zero-order valence-electron chi connectivity index (χ0n) is 16.6. The van der Waals surface area contributed by atoms with Crippen molar-refractivity contribution in [2.45, 2.75) is 56.6 Å². The lowest BCUT2D eigenvalue weighted by Gasteiger charge is -2.31. The Morgan fingerprint density at radius 1 is 1.18 bits per heavy atom. The average molecular weight is 387 g/mol. The molecule has 3 heterocycles. The number of rotatable bonds is 5. The molecule has 7 nitrogen and oxygen atoms in total. The molecule has 0 aromatic carbocycles. The number of hydrogen-bond acceptors (Lipinski definition) is 5. The van der Waals surface area contributed by atoms with Gasteiger partial charge < -0.3 is 23.9 Å². The normalized spacial score (nSPS) is 23.6. The highest BCUT2D eigenvalue weighted by atomic mass is 16.5. The molecular weight excluding hydrogens is 358 g/mol. The van der Waals surface area contributed by atoms with Crippen LogP contribution in [0.2, 0.25) is 0 Å². The summed E-state index contributed by atoms with van der Waals surface area (Å²) in [5.74, 6) is 0.814. The van der Waals surface area contributed by atoms with Gasteiger partial charge in [-0.2, -0.15) is 0 Å². The molecule has 28 heavy (non-hydrogen) atoms. The zero-order chi connectivity index (χ0) is 19.5. The summed E-state index contributed by atoms with van der Waals surface area (Å²) in [4.78, 5) is 17.8. The molecule has 0 radical (unpaired) electrons. The van der Waals surface area contributed by atoms with Gasteiger partial charge in [0.15, 0.2) is 0 Å². The molecule has 7 heteroatoms. The van der Waals surface area contributed by atoms with Crippen LogP contribution in [-0.2, 0) is 9.47 Å². The molecule has 1 saturated carbocycles. The van der Waals surface area contributed by atoms with E-state index in [9.17, 15) is 4.79 Å². The number of imidazole rings is 1. The summed E-state index contributed by atoms with van der Waals surface area (Å²) in [7, 11) is 3.30. The Morgan fingerprint density at radius 3 is 2.71 bits per heavy atom. The van der Waals surface area contributed by atoms with Crippen LogP contribution in [0.4, 0.5) is 0 Å². The molecule has 2 aromatic heterocycles. The van der Waals surface area contributed by atoms with Crippen LogP contribution >= 0.6 is 0 Å². The van der Waals surface area contributed by atoms with E-state index in [0.29, 0.717) is 17.2 Å². The molecule has 2 fully saturated rings. The molecule has 1 N–H and O–H groups in total. The number of ether oxygens (including phenoxy) is 3. The minimum Gasteiger partial charge on any atom is -0.496 e. The highest BCUT2D eigenvalue weighted by Crippen LogP contribution is 2.29. The number of pyridine rings is 1. The molecule has 4 rings (SSSR count). The number of nitrogens with zero attached hydrogens (tertiary/aromatic N) is 2. The summed E-state index contributed by atoms with van der Waals surface area (Å²) in [6, 6.07) is 1.87. The van der Waals surface area contributed by atoms with Crippen molar-refractivity contribution in [2.75, 3.05) is 27.4 Å². The molecule has 1 aliphatic carbocycles. The number of fused-ring (bicyclic) bond motifs is 1. The number of carbonyl (C=O) groups is 1. The van der Waals surface area contributed by atoms with Gasteiger partial charge in [0.1, 0.15) is 11.4 Å². The van der Waals surface area contributed by atoms with Crippen LogP contribution < -0.4 is 10.1 Å². The molecule has 0 spiro atoms. The number of amides is 1. The number of nitrogens with one attached hydrogen (secondary N) is 1. The lowest BCUT2D eigenvalue weighted by atomic mass is 9.92. The predicted molar refractivity (Wildman–Crippen MR) is 105 cm³/mol. The van der Waals surface area contributed by atoms with E-state index < -0.39 is 0 Å². The molecule has 0 unspecified atom stereocenters. The van der Waals surface area contributed by atoms with E-state index in [1.807, 2.05) is 22.9 Å². The van der Waals surface area contributed by atoms with Crippen molar-refractivity contribution in [3.63, 3.8) is 0 Å². The third kappa shape index (κ3) is 3.86. The molecule has 1 amide bonds. The molecule has 1 saturated heterocycles. The van der Waals surface area contributed by atoms with Crippen LogP contribution in [0.15, 0.2) is 18.5 Å². The van der Waals surface area contributed by atoms with Gasteiger partial charge in [0.05, 0.1) is 30.5 Å². The first-order valence-electron chi connectivity index (χ1n) is 10.2. The maximum absolute atomic E-state index is 13.0. The van der Waals surface area contributed by atoms with Crippen molar-refractivity contribution in [3.05, 3.63) is 29.7 Å². The molecule has 2 aliphatic rings. The van der Waals surface area contributed by atoms with Crippen LogP contribution in [0, 0.1) is 0 Å². The zero-order valence-corrected chi connectivity index (χ0v) is 16.6. The molecule has 1 aliphatic heterocycles. The molecule has 2 atom stereocenters. The summed E-state index contributed by atoms with van der Waals surface area (Å²) in [5, 5.41) is 3.15. The molecule has 152 valence electrons. The monoisotopic (exact) mass is 387 g/mol. The second kappa shape index (κ2) is 8.49. The van der Waals surface area contributed by atoms with Crippen molar-refractivity contribution in [1.29, 1.82) is 0 Å². The van der Waals surface area contributed by atoms with Gasteiger partial charge in [0, 0.05) is 44.7 Å². The average Bonchev–Trinajstić information content (AvgIpc) is 3.17. The fraction of sp³-hybridized carbons (Fsp3) is 0.619. The lowest BCUT2D eigenvalue weighted by molar-refractivity contribution is 0.0392. The Bertz CT molecular complexity index is 828. The van der Waals surface area contributed by atoms with Crippen LogP contribution in [0.5, 0.6) is 5.75 Å². The van der Waals surface area contributed by atoms with E-state index >= 15 is 0 Å². The quantitative estimate of drug-likeness (QED) is 0.854. The van der Waals surface area contributed by atoms with E-state index in [1.165, 1.54) is 0 Å². The SMILES string of the molecule is COc1cc2nc(C3CCOCC3)cn2cc1C(=O)N[C@@H]1CCCC[C@H]1OC. The number of methoxy groups -OCH3 is 2. The van der Waals surface area contributed by atoms with Gasteiger partial charge in [-0.3, -0.25) is 4.79 Å². The summed E-state index contributed by atoms with van der Waals surface area (Å²) >= 11 is 0. The third-order valence-corrected chi connectivity index (χ3v) is 6.00. The first-order valence-corrected chi connectivity index (χ1v) is 10.2. The van der Waals surface area contributed by atoms with E-state index in [2.05, 4.69) is 5.32 Å². The Balaban J connectivity index is 1.59. The van der Waals surface area contributed by atoms with E-state index in [4.69, 9.17) is 19.2 Å². The first kappa shape index (κ1) is 19.2. The van der Waals surface area contributed by atoms with Crippen LogP contribution in [0.3, 0.4) is 0 Å². The van der Waals surface area contributed by atoms with Gasteiger partial charge in [0.25, 0.3) is 5.91 Å². The highest BCUT2D eigenvalue weighted by molar-refractivity contribution is 5.97. The predicted octanol–water partition coefficient (Wildman–Crippen LogP) is 2.92. The van der Waals surface area contributed by atoms with E-state index in [0.717, 1.165) is 63.1 Å². The topological polar surface area (TPSA) is 74.1 Å². The number of hydrogen-bond donors (Lipinski definition) is 1. The minimum absolute atomic E-state index is 0.0345. The summed E-state index contributed by atoms with van der Waals surface area (Å²) in [6.45, 7) is 1.55. The summed E-state index contributed by atoms with van der Waals surface area (Å²) in [5.41, 5.74) is 2.36. The van der Waals surface area contributed by atoms with Gasteiger partial charge in [-0.1, -0.05) is 12.8 Å². The maximum Gasteiger partial charge on any atom is 0.256 e. The maximum atomic E-state index is 13.0. The first-order chi connectivity index (χ1) is 13.7. The van der Waals surface area contributed by atoms with Crippen molar-refractivity contribution >= 4 is 11.6 Å². The summed E-state index contributed by atoms with van der Waals surface area (Å²) < 4.78 is 18.5. The van der Waals surface area contributed by atoms with Crippen molar-refractivity contribution in [3.8, 4) is 5.75 Å². The Labute approximate surface area is 165 Å². The van der Waals surface area contributed by atoms with Gasteiger partial charge in [-0.05, 0) is 25.7 Å². The Hall–Kier alpha value is -2.12. The smallest absolute Gasteiger partial charge is 0.256 e. The molecule has 2 aromatic rings. The van der Waals surface area contributed by atoms with Crippen LogP contribution in [-0.4, -0.2) is 54.9 Å². The van der Waals surface area contributed by atoms with Crippen molar-refractivity contribution in [2.24, 2.45) is 0 Å². The van der Waals surface area contributed by atoms with Gasteiger partial charge in [-0.25, -0.2) is 4.98 Å².